The average molecular weight is 247 g/mol. The van der Waals surface area contributed by atoms with E-state index in [-0.39, 0.29) is 17.6 Å². The van der Waals surface area contributed by atoms with Crippen molar-refractivity contribution in [1.29, 1.82) is 0 Å². The van der Waals surface area contributed by atoms with Crippen LogP contribution in [0.15, 0.2) is 18.2 Å². The van der Waals surface area contributed by atoms with Crippen molar-refractivity contribution >= 4 is 16.9 Å². The maximum atomic E-state index is 13.4. The monoisotopic (exact) mass is 247 g/mol. The Kier molecular flexibility index (Phi) is 2.54. The molecule has 1 aliphatic rings. The Balaban J connectivity index is 1.71. The molecule has 1 aromatic carbocycles. The zero-order valence-corrected chi connectivity index (χ0v) is 10.0. The molecule has 1 aliphatic carbocycles. The van der Waals surface area contributed by atoms with Crippen LogP contribution in [0.4, 0.5) is 4.39 Å². The number of halogens is 1. The summed E-state index contributed by atoms with van der Waals surface area (Å²) in [7, 11) is 0. The van der Waals surface area contributed by atoms with Gasteiger partial charge in [0.05, 0.1) is 12.1 Å². The Morgan fingerprint density at radius 1 is 1.61 bits per heavy atom. The van der Waals surface area contributed by atoms with E-state index in [9.17, 15) is 9.18 Å². The summed E-state index contributed by atoms with van der Waals surface area (Å²) >= 11 is 0. The summed E-state index contributed by atoms with van der Waals surface area (Å²) in [6, 6.07) is 4.77. The molecule has 0 aliphatic heterocycles. The number of imidazole rings is 1. The molecule has 5 heteroatoms. The Morgan fingerprint density at radius 2 is 2.39 bits per heavy atom. The van der Waals surface area contributed by atoms with Crippen molar-refractivity contribution in [1.82, 2.24) is 15.3 Å². The number of para-hydroxylation sites is 1. The summed E-state index contributed by atoms with van der Waals surface area (Å²) in [6.45, 7) is 2.37. The van der Waals surface area contributed by atoms with Gasteiger partial charge in [-0.3, -0.25) is 4.79 Å². The Hall–Kier alpha value is -1.91. The van der Waals surface area contributed by atoms with E-state index in [1.165, 1.54) is 6.07 Å². The van der Waals surface area contributed by atoms with Crippen LogP contribution in [0.2, 0.25) is 0 Å². The molecular weight excluding hydrogens is 233 g/mol. The predicted molar refractivity (Wildman–Crippen MR) is 65.2 cm³/mol. The molecule has 1 fully saturated rings. The quantitative estimate of drug-likeness (QED) is 0.871. The number of rotatable bonds is 3. The van der Waals surface area contributed by atoms with Gasteiger partial charge in [-0.25, -0.2) is 9.37 Å². The SMILES string of the molecule is C[C@H]1C[C@@H]1C(=O)NCc1nc2c(F)cccc2[nH]1. The van der Waals surface area contributed by atoms with E-state index in [1.807, 2.05) is 0 Å². The average Bonchev–Trinajstić information content (AvgIpc) is 2.91. The lowest BCUT2D eigenvalue weighted by molar-refractivity contribution is -0.122. The molecule has 1 amide bonds. The summed E-state index contributed by atoms with van der Waals surface area (Å²) in [5.74, 6) is 0.918. The molecule has 0 radical (unpaired) electrons. The highest BCUT2D eigenvalue weighted by atomic mass is 19.1. The second-order valence-corrected chi connectivity index (χ2v) is 4.86. The van der Waals surface area contributed by atoms with Gasteiger partial charge in [-0.1, -0.05) is 13.0 Å². The van der Waals surface area contributed by atoms with E-state index >= 15 is 0 Å². The van der Waals surface area contributed by atoms with E-state index in [0.717, 1.165) is 6.42 Å². The maximum absolute atomic E-state index is 13.4. The van der Waals surface area contributed by atoms with Crippen LogP contribution >= 0.6 is 0 Å². The normalized spacial score (nSPS) is 22.1. The summed E-state index contributed by atoms with van der Waals surface area (Å²) in [4.78, 5) is 18.8. The molecule has 1 saturated carbocycles. The van der Waals surface area contributed by atoms with Crippen LogP contribution in [0.25, 0.3) is 11.0 Å². The predicted octanol–water partition coefficient (Wildman–Crippen LogP) is 1.97. The van der Waals surface area contributed by atoms with Crippen LogP contribution in [0.1, 0.15) is 19.2 Å². The molecule has 0 spiro atoms. The molecule has 2 N–H and O–H groups in total. The molecule has 4 nitrogen and oxygen atoms in total. The molecule has 18 heavy (non-hydrogen) atoms. The third-order valence-electron chi connectivity index (χ3n) is 3.39. The van der Waals surface area contributed by atoms with Crippen LogP contribution in [0.5, 0.6) is 0 Å². The molecule has 2 aromatic rings. The van der Waals surface area contributed by atoms with E-state index in [0.29, 0.717) is 29.3 Å². The van der Waals surface area contributed by atoms with Crippen LogP contribution in [0, 0.1) is 17.7 Å². The number of hydrogen-bond donors (Lipinski definition) is 2. The number of hydrogen-bond acceptors (Lipinski definition) is 2. The molecule has 1 aromatic heterocycles. The molecule has 0 unspecified atom stereocenters. The first-order chi connectivity index (χ1) is 8.65. The lowest BCUT2D eigenvalue weighted by Gasteiger charge is -2.00. The summed E-state index contributed by atoms with van der Waals surface area (Å²) in [5, 5.41) is 2.82. The third kappa shape index (κ3) is 1.96. The molecule has 0 saturated heterocycles. The smallest absolute Gasteiger partial charge is 0.223 e. The summed E-state index contributed by atoms with van der Waals surface area (Å²) in [6.07, 6.45) is 0.959. The summed E-state index contributed by atoms with van der Waals surface area (Å²) in [5.41, 5.74) is 0.973. The number of nitrogens with zero attached hydrogens (tertiary/aromatic N) is 1. The molecule has 94 valence electrons. The minimum atomic E-state index is -0.350. The zero-order chi connectivity index (χ0) is 12.7. The van der Waals surface area contributed by atoms with Crippen molar-refractivity contribution in [2.45, 2.75) is 19.9 Å². The Labute approximate surface area is 104 Å². The van der Waals surface area contributed by atoms with Crippen molar-refractivity contribution in [2.75, 3.05) is 0 Å². The zero-order valence-electron chi connectivity index (χ0n) is 10.0. The minimum absolute atomic E-state index is 0.0587. The second kappa shape index (κ2) is 4.08. The van der Waals surface area contributed by atoms with Gasteiger partial charge >= 0.3 is 0 Å². The van der Waals surface area contributed by atoms with E-state index in [1.54, 1.807) is 12.1 Å². The van der Waals surface area contributed by atoms with Crippen LogP contribution in [-0.4, -0.2) is 15.9 Å². The highest BCUT2D eigenvalue weighted by molar-refractivity contribution is 5.81. The van der Waals surface area contributed by atoms with Gasteiger partial charge in [0.2, 0.25) is 5.91 Å². The standard InChI is InChI=1S/C13H14FN3O/c1-7-5-8(7)13(18)15-6-11-16-10-4-2-3-9(14)12(10)17-11/h2-4,7-8H,5-6H2,1H3,(H,15,18)(H,16,17)/t7-,8-/m0/s1. The van der Waals surface area contributed by atoms with Gasteiger partial charge < -0.3 is 10.3 Å². The van der Waals surface area contributed by atoms with Crippen molar-refractivity contribution in [3.05, 3.63) is 29.8 Å². The number of fused-ring (bicyclic) bond motifs is 1. The third-order valence-corrected chi connectivity index (χ3v) is 3.39. The van der Waals surface area contributed by atoms with Crippen molar-refractivity contribution in [3.8, 4) is 0 Å². The topological polar surface area (TPSA) is 57.8 Å². The number of nitrogens with one attached hydrogen (secondary N) is 2. The van der Waals surface area contributed by atoms with Gasteiger partial charge in [-0.05, 0) is 24.5 Å². The summed E-state index contributed by atoms with van der Waals surface area (Å²) < 4.78 is 13.4. The van der Waals surface area contributed by atoms with Gasteiger partial charge in [0.1, 0.15) is 11.3 Å². The van der Waals surface area contributed by atoms with Gasteiger partial charge in [-0.15, -0.1) is 0 Å². The minimum Gasteiger partial charge on any atom is -0.349 e. The van der Waals surface area contributed by atoms with Crippen LogP contribution in [-0.2, 0) is 11.3 Å². The van der Waals surface area contributed by atoms with Gasteiger partial charge in [0, 0.05) is 5.92 Å². The first-order valence-electron chi connectivity index (χ1n) is 6.06. The van der Waals surface area contributed by atoms with E-state index in [2.05, 4.69) is 22.2 Å². The first kappa shape index (κ1) is 11.2. The van der Waals surface area contributed by atoms with Crippen LogP contribution in [0.3, 0.4) is 0 Å². The lowest BCUT2D eigenvalue weighted by Crippen LogP contribution is -2.25. The van der Waals surface area contributed by atoms with Crippen molar-refractivity contribution < 1.29 is 9.18 Å². The van der Waals surface area contributed by atoms with Crippen LogP contribution < -0.4 is 5.32 Å². The fraction of sp³-hybridized carbons (Fsp3) is 0.385. The number of amides is 1. The van der Waals surface area contributed by atoms with E-state index < -0.39 is 0 Å². The van der Waals surface area contributed by atoms with Gasteiger partial charge in [0.15, 0.2) is 5.82 Å². The van der Waals surface area contributed by atoms with Gasteiger partial charge in [-0.2, -0.15) is 0 Å². The Morgan fingerprint density at radius 3 is 3.06 bits per heavy atom. The number of aromatic amines is 1. The Bertz CT molecular complexity index is 607. The largest absolute Gasteiger partial charge is 0.349 e. The number of carbonyl (C=O) groups is 1. The fourth-order valence-corrected chi connectivity index (χ4v) is 2.12. The molecule has 2 atom stereocenters. The molecular formula is C13H14FN3O. The number of aromatic nitrogens is 2. The number of H-pyrrole nitrogens is 1. The number of carbonyl (C=O) groups excluding carboxylic acids is 1. The molecule has 1 heterocycles. The lowest BCUT2D eigenvalue weighted by atomic mass is 10.3. The van der Waals surface area contributed by atoms with Crippen molar-refractivity contribution in [3.63, 3.8) is 0 Å². The van der Waals surface area contributed by atoms with E-state index in [4.69, 9.17) is 0 Å². The first-order valence-corrected chi connectivity index (χ1v) is 6.06. The molecule has 0 bridgehead atoms. The molecule has 3 rings (SSSR count). The highest BCUT2D eigenvalue weighted by Gasteiger charge is 2.38. The number of benzene rings is 1. The second-order valence-electron chi connectivity index (χ2n) is 4.86. The van der Waals surface area contributed by atoms with Gasteiger partial charge in [0.25, 0.3) is 0 Å². The van der Waals surface area contributed by atoms with Crippen molar-refractivity contribution in [2.24, 2.45) is 11.8 Å². The maximum Gasteiger partial charge on any atom is 0.223 e. The highest BCUT2D eigenvalue weighted by Crippen LogP contribution is 2.37. The fourth-order valence-electron chi connectivity index (χ4n) is 2.12.